The second-order valence-corrected chi connectivity index (χ2v) is 6.03. The molecule has 0 radical (unpaired) electrons. The highest BCUT2D eigenvalue weighted by Gasteiger charge is 2.20. The van der Waals surface area contributed by atoms with Gasteiger partial charge in [0.15, 0.2) is 0 Å². The van der Waals surface area contributed by atoms with Crippen LogP contribution in [0.25, 0.3) is 21.9 Å². The second-order valence-electron chi connectivity index (χ2n) is 6.03. The van der Waals surface area contributed by atoms with Gasteiger partial charge in [-0.3, -0.25) is 0 Å². The molecule has 0 bridgehead atoms. The number of nitrogens with one attached hydrogen (secondary N) is 1. The number of likely N-dealkylation sites (tertiary alicyclic amines) is 1. The van der Waals surface area contributed by atoms with Gasteiger partial charge in [-0.05, 0) is 38.6 Å². The second kappa shape index (κ2) is 5.52. The zero-order chi connectivity index (χ0) is 15.8. The van der Waals surface area contributed by atoms with Crippen LogP contribution in [0.4, 0.5) is 0 Å². The molecule has 1 saturated heterocycles. The Hall–Kier alpha value is -2.65. The van der Waals surface area contributed by atoms with Gasteiger partial charge in [0, 0.05) is 18.1 Å². The summed E-state index contributed by atoms with van der Waals surface area (Å²) in [5, 5.41) is 10.9. The van der Waals surface area contributed by atoms with Crippen molar-refractivity contribution in [3.63, 3.8) is 0 Å². The number of H-pyrrole nitrogens is 1. The summed E-state index contributed by atoms with van der Waals surface area (Å²) >= 11 is 0. The zero-order valence-corrected chi connectivity index (χ0v) is 12.9. The van der Waals surface area contributed by atoms with E-state index in [1.54, 1.807) is 18.5 Å². The van der Waals surface area contributed by atoms with Gasteiger partial charge < -0.3 is 14.6 Å². The number of pyridine rings is 2. The molecule has 116 valence electrons. The maximum Gasteiger partial charge on any atom is 0.142 e. The Kier molecular flexibility index (Phi) is 3.36. The Labute approximate surface area is 133 Å². The molecule has 1 atom stereocenters. The van der Waals surface area contributed by atoms with E-state index in [1.165, 1.54) is 0 Å². The molecule has 4 heterocycles. The van der Waals surface area contributed by atoms with Gasteiger partial charge in [0.2, 0.25) is 0 Å². The molecule has 0 saturated carbocycles. The average molecular weight is 307 g/mol. The fourth-order valence-corrected chi connectivity index (χ4v) is 3.24. The molecule has 1 aliphatic heterocycles. The lowest BCUT2D eigenvalue weighted by Crippen LogP contribution is -2.38. The highest BCUT2D eigenvalue weighted by molar-refractivity contribution is 6.09. The lowest BCUT2D eigenvalue weighted by molar-refractivity contribution is 0.106. The van der Waals surface area contributed by atoms with Crippen LogP contribution in [0.15, 0.2) is 24.5 Å². The number of hydrogen-bond acceptors (Lipinski definition) is 5. The monoisotopic (exact) mass is 307 g/mol. The first-order valence-corrected chi connectivity index (χ1v) is 7.76. The average Bonchev–Trinajstić information content (AvgIpc) is 2.93. The van der Waals surface area contributed by atoms with E-state index in [1.807, 2.05) is 6.07 Å². The molecular weight excluding hydrogens is 290 g/mol. The Bertz CT molecular complexity index is 910. The minimum Gasteiger partial charge on any atom is -0.488 e. The third kappa shape index (κ3) is 2.49. The number of ether oxygens (including phenoxy) is 1. The van der Waals surface area contributed by atoms with Gasteiger partial charge in [0.25, 0.3) is 0 Å². The van der Waals surface area contributed by atoms with Crippen LogP contribution >= 0.6 is 0 Å². The zero-order valence-electron chi connectivity index (χ0n) is 12.9. The topological polar surface area (TPSA) is 77.8 Å². The van der Waals surface area contributed by atoms with Crippen LogP contribution < -0.4 is 4.74 Å². The maximum absolute atomic E-state index is 9.09. The van der Waals surface area contributed by atoms with Crippen LogP contribution in [-0.4, -0.2) is 46.1 Å². The van der Waals surface area contributed by atoms with Crippen molar-refractivity contribution in [2.45, 2.75) is 18.9 Å². The predicted molar refractivity (Wildman–Crippen MR) is 87.3 cm³/mol. The highest BCUT2D eigenvalue weighted by Crippen LogP contribution is 2.33. The predicted octanol–water partition coefficient (Wildman–Crippen LogP) is 2.46. The molecule has 3 aromatic rings. The first kappa shape index (κ1) is 14.0. The van der Waals surface area contributed by atoms with Crippen LogP contribution in [0.2, 0.25) is 0 Å². The largest absolute Gasteiger partial charge is 0.488 e. The van der Waals surface area contributed by atoms with E-state index >= 15 is 0 Å². The number of rotatable bonds is 2. The summed E-state index contributed by atoms with van der Waals surface area (Å²) < 4.78 is 6.27. The van der Waals surface area contributed by atoms with Gasteiger partial charge in [-0.2, -0.15) is 5.26 Å². The number of likely N-dealkylation sites (N-methyl/N-ethyl adjacent to an activating group) is 1. The van der Waals surface area contributed by atoms with Gasteiger partial charge >= 0.3 is 0 Å². The normalized spacial score (nSPS) is 19.0. The molecule has 23 heavy (non-hydrogen) atoms. The molecule has 6 nitrogen and oxygen atoms in total. The third-order valence-electron chi connectivity index (χ3n) is 4.33. The molecule has 1 N–H and O–H groups in total. The summed E-state index contributed by atoms with van der Waals surface area (Å²) in [6, 6.07) is 5.77. The van der Waals surface area contributed by atoms with Crippen molar-refractivity contribution in [1.29, 1.82) is 5.26 Å². The lowest BCUT2D eigenvalue weighted by atomic mass is 10.1. The third-order valence-corrected chi connectivity index (χ3v) is 4.33. The molecule has 0 amide bonds. The standard InChI is InChI=1S/C17H17N5O/c1-22-6-2-3-12(10-22)23-15-4-5-19-17-16(15)13-7-11(8-18)20-9-14(13)21-17/h4-5,7,9,12H,2-3,6,10H2,1H3,(H,19,21). The number of aromatic nitrogens is 3. The summed E-state index contributed by atoms with van der Waals surface area (Å²) in [5.41, 5.74) is 2.02. The summed E-state index contributed by atoms with van der Waals surface area (Å²) in [7, 11) is 2.12. The first-order chi connectivity index (χ1) is 11.2. The van der Waals surface area contributed by atoms with Gasteiger partial charge in [0.1, 0.15) is 29.3 Å². The van der Waals surface area contributed by atoms with Crippen molar-refractivity contribution in [3.05, 3.63) is 30.2 Å². The summed E-state index contributed by atoms with van der Waals surface area (Å²) in [4.78, 5) is 14.0. The Morgan fingerprint density at radius 2 is 2.35 bits per heavy atom. The van der Waals surface area contributed by atoms with E-state index in [-0.39, 0.29) is 6.10 Å². The van der Waals surface area contributed by atoms with Crippen molar-refractivity contribution < 1.29 is 4.74 Å². The SMILES string of the molecule is CN1CCCC(Oc2ccnc3[nH]c4cnc(C#N)cc4c23)C1. The van der Waals surface area contributed by atoms with Crippen molar-refractivity contribution in [2.75, 3.05) is 20.1 Å². The number of nitrogens with zero attached hydrogens (tertiary/aromatic N) is 4. The number of nitriles is 1. The Balaban J connectivity index is 1.81. The van der Waals surface area contributed by atoms with Crippen LogP contribution in [0.5, 0.6) is 5.75 Å². The molecule has 1 fully saturated rings. The van der Waals surface area contributed by atoms with Crippen LogP contribution in [-0.2, 0) is 0 Å². The Morgan fingerprint density at radius 1 is 1.43 bits per heavy atom. The van der Waals surface area contributed by atoms with Crippen LogP contribution in [0.1, 0.15) is 18.5 Å². The summed E-state index contributed by atoms with van der Waals surface area (Å²) in [6.07, 6.45) is 5.81. The first-order valence-electron chi connectivity index (χ1n) is 7.76. The van der Waals surface area contributed by atoms with Gasteiger partial charge in [0.05, 0.1) is 17.1 Å². The fourth-order valence-electron chi connectivity index (χ4n) is 3.24. The lowest BCUT2D eigenvalue weighted by Gasteiger charge is -2.30. The van der Waals surface area contributed by atoms with Crippen LogP contribution in [0.3, 0.4) is 0 Å². The molecule has 0 aliphatic carbocycles. The molecule has 1 aliphatic rings. The summed E-state index contributed by atoms with van der Waals surface area (Å²) in [5.74, 6) is 0.816. The number of piperidine rings is 1. The molecule has 4 rings (SSSR count). The molecule has 6 heteroatoms. The van der Waals surface area contributed by atoms with Crippen molar-refractivity contribution in [1.82, 2.24) is 19.9 Å². The molecule has 0 aromatic carbocycles. The molecule has 0 spiro atoms. The molecular formula is C17H17N5O. The van der Waals surface area contributed by atoms with Gasteiger partial charge in [-0.15, -0.1) is 0 Å². The minimum absolute atomic E-state index is 0.182. The smallest absolute Gasteiger partial charge is 0.142 e. The van der Waals surface area contributed by atoms with E-state index in [0.717, 1.165) is 53.6 Å². The highest BCUT2D eigenvalue weighted by atomic mass is 16.5. The quantitative estimate of drug-likeness (QED) is 0.787. The minimum atomic E-state index is 0.182. The fraction of sp³-hybridized carbons (Fsp3) is 0.353. The molecule has 3 aromatic heterocycles. The number of hydrogen-bond donors (Lipinski definition) is 1. The van der Waals surface area contributed by atoms with Crippen molar-refractivity contribution >= 4 is 21.9 Å². The Morgan fingerprint density at radius 3 is 3.17 bits per heavy atom. The van der Waals surface area contributed by atoms with E-state index < -0.39 is 0 Å². The molecule has 1 unspecified atom stereocenters. The number of aromatic amines is 1. The van der Waals surface area contributed by atoms with Gasteiger partial charge in [-0.1, -0.05) is 0 Å². The van der Waals surface area contributed by atoms with Crippen molar-refractivity contribution in [3.8, 4) is 11.8 Å². The van der Waals surface area contributed by atoms with E-state index in [0.29, 0.717) is 5.69 Å². The number of fused-ring (bicyclic) bond motifs is 3. The van der Waals surface area contributed by atoms with Crippen LogP contribution in [0, 0.1) is 11.3 Å². The van der Waals surface area contributed by atoms with Gasteiger partial charge in [-0.25, -0.2) is 9.97 Å². The summed E-state index contributed by atoms with van der Waals surface area (Å²) in [6.45, 7) is 2.05. The maximum atomic E-state index is 9.09. The van der Waals surface area contributed by atoms with E-state index in [9.17, 15) is 0 Å². The van der Waals surface area contributed by atoms with E-state index in [4.69, 9.17) is 10.00 Å². The van der Waals surface area contributed by atoms with E-state index in [2.05, 4.69) is 33.0 Å². The van der Waals surface area contributed by atoms with Crippen molar-refractivity contribution in [2.24, 2.45) is 0 Å².